The summed E-state index contributed by atoms with van der Waals surface area (Å²) in [6.45, 7) is 3.21. The van der Waals surface area contributed by atoms with Gasteiger partial charge in [0.05, 0.1) is 20.3 Å². The van der Waals surface area contributed by atoms with Crippen molar-refractivity contribution in [3.05, 3.63) is 23.3 Å². The van der Waals surface area contributed by atoms with E-state index < -0.39 is 0 Å². The molecule has 1 saturated heterocycles. The highest BCUT2D eigenvalue weighted by Crippen LogP contribution is 2.30. The first-order valence-corrected chi connectivity index (χ1v) is 6.78. The third-order valence-electron chi connectivity index (χ3n) is 3.49. The third-order valence-corrected chi connectivity index (χ3v) is 3.49. The molecule has 20 heavy (non-hydrogen) atoms. The number of hydrogen-bond acceptors (Lipinski definition) is 4. The molecular weight excluding hydrogens is 258 g/mol. The summed E-state index contributed by atoms with van der Waals surface area (Å²) in [5.41, 5.74) is 1.45. The van der Waals surface area contributed by atoms with Gasteiger partial charge < -0.3 is 19.5 Å². The first kappa shape index (κ1) is 14.7. The van der Waals surface area contributed by atoms with Crippen LogP contribution in [0.3, 0.4) is 0 Å². The second-order valence-electron chi connectivity index (χ2n) is 4.87. The fourth-order valence-electron chi connectivity index (χ4n) is 2.33. The second kappa shape index (κ2) is 6.61. The van der Waals surface area contributed by atoms with Crippen molar-refractivity contribution in [2.75, 3.05) is 27.4 Å². The van der Waals surface area contributed by atoms with Crippen molar-refractivity contribution < 1.29 is 19.0 Å². The van der Waals surface area contributed by atoms with Gasteiger partial charge in [0.25, 0.3) is 5.91 Å². The first-order valence-electron chi connectivity index (χ1n) is 6.78. The molecule has 0 bridgehead atoms. The van der Waals surface area contributed by atoms with Crippen molar-refractivity contribution in [2.45, 2.75) is 25.9 Å². The van der Waals surface area contributed by atoms with Crippen LogP contribution in [-0.2, 0) is 4.74 Å². The minimum atomic E-state index is -0.112. The number of aryl methyl sites for hydroxylation is 1. The lowest BCUT2D eigenvalue weighted by Crippen LogP contribution is -2.32. The first-order chi connectivity index (χ1) is 9.65. The highest BCUT2D eigenvalue weighted by molar-refractivity contribution is 5.96. The zero-order valence-corrected chi connectivity index (χ0v) is 12.2. The lowest BCUT2D eigenvalue weighted by Gasteiger charge is -2.14. The maximum atomic E-state index is 12.2. The van der Waals surface area contributed by atoms with Crippen LogP contribution in [0.15, 0.2) is 12.1 Å². The summed E-state index contributed by atoms with van der Waals surface area (Å²) >= 11 is 0. The molecule has 0 spiro atoms. The van der Waals surface area contributed by atoms with E-state index in [1.165, 1.54) is 0 Å². The van der Waals surface area contributed by atoms with Crippen molar-refractivity contribution in [3.63, 3.8) is 0 Å². The molecule has 1 atom stereocenters. The molecule has 5 nitrogen and oxygen atoms in total. The van der Waals surface area contributed by atoms with E-state index in [1.807, 2.05) is 6.92 Å². The molecule has 1 fully saturated rings. The number of rotatable bonds is 5. The Labute approximate surface area is 119 Å². The number of hydrogen-bond donors (Lipinski definition) is 1. The molecule has 1 heterocycles. The van der Waals surface area contributed by atoms with Crippen LogP contribution >= 0.6 is 0 Å². The van der Waals surface area contributed by atoms with Crippen LogP contribution in [0.4, 0.5) is 0 Å². The lowest BCUT2D eigenvalue weighted by molar-refractivity contribution is 0.0857. The number of carbonyl (C=O) groups excluding carboxylic acids is 1. The molecular formula is C15H21NO4. The molecule has 1 N–H and O–H groups in total. The van der Waals surface area contributed by atoms with Crippen molar-refractivity contribution in [1.82, 2.24) is 5.32 Å². The van der Waals surface area contributed by atoms with Crippen LogP contribution in [0.2, 0.25) is 0 Å². The van der Waals surface area contributed by atoms with Gasteiger partial charge in [-0.1, -0.05) is 0 Å². The Kier molecular flexibility index (Phi) is 4.84. The normalized spacial score (nSPS) is 17.9. The van der Waals surface area contributed by atoms with E-state index in [-0.39, 0.29) is 12.0 Å². The quantitative estimate of drug-likeness (QED) is 0.894. The Bertz CT molecular complexity index is 481. The van der Waals surface area contributed by atoms with Gasteiger partial charge in [0.2, 0.25) is 0 Å². The second-order valence-corrected chi connectivity index (χ2v) is 4.87. The predicted molar refractivity (Wildman–Crippen MR) is 75.6 cm³/mol. The summed E-state index contributed by atoms with van der Waals surface area (Å²) in [4.78, 5) is 12.2. The zero-order valence-electron chi connectivity index (χ0n) is 12.2. The molecule has 1 amide bonds. The van der Waals surface area contributed by atoms with Gasteiger partial charge in [-0.25, -0.2) is 0 Å². The summed E-state index contributed by atoms with van der Waals surface area (Å²) in [6.07, 6.45) is 2.21. The van der Waals surface area contributed by atoms with Crippen LogP contribution in [0.1, 0.15) is 28.8 Å². The minimum absolute atomic E-state index is 0.112. The molecule has 2 rings (SSSR count). The molecule has 1 unspecified atom stereocenters. The monoisotopic (exact) mass is 279 g/mol. The Balaban J connectivity index is 2.08. The molecule has 1 aliphatic heterocycles. The van der Waals surface area contributed by atoms with Crippen molar-refractivity contribution in [3.8, 4) is 11.5 Å². The summed E-state index contributed by atoms with van der Waals surface area (Å²) < 4.78 is 15.9. The minimum Gasteiger partial charge on any atom is -0.493 e. The fraction of sp³-hybridized carbons (Fsp3) is 0.533. The SMILES string of the molecule is COc1cc(C)c(C(=O)NCC2CCCO2)cc1OC. The van der Waals surface area contributed by atoms with Gasteiger partial charge in [0, 0.05) is 18.7 Å². The molecule has 1 aliphatic rings. The van der Waals surface area contributed by atoms with Crippen LogP contribution in [-0.4, -0.2) is 39.4 Å². The van der Waals surface area contributed by atoms with Gasteiger partial charge in [-0.2, -0.15) is 0 Å². The summed E-state index contributed by atoms with van der Waals surface area (Å²) in [5, 5.41) is 2.91. The Morgan fingerprint density at radius 2 is 2.05 bits per heavy atom. The largest absolute Gasteiger partial charge is 0.493 e. The van der Waals surface area contributed by atoms with E-state index >= 15 is 0 Å². The van der Waals surface area contributed by atoms with E-state index in [2.05, 4.69) is 5.32 Å². The maximum absolute atomic E-state index is 12.2. The Hall–Kier alpha value is -1.75. The van der Waals surface area contributed by atoms with Crippen LogP contribution < -0.4 is 14.8 Å². The third kappa shape index (κ3) is 3.22. The van der Waals surface area contributed by atoms with Crippen LogP contribution in [0.25, 0.3) is 0 Å². The van der Waals surface area contributed by atoms with Crippen LogP contribution in [0.5, 0.6) is 11.5 Å². The van der Waals surface area contributed by atoms with E-state index in [1.54, 1.807) is 26.4 Å². The smallest absolute Gasteiger partial charge is 0.251 e. The molecule has 5 heteroatoms. The maximum Gasteiger partial charge on any atom is 0.251 e. The Morgan fingerprint density at radius 1 is 1.35 bits per heavy atom. The van der Waals surface area contributed by atoms with Gasteiger partial charge in [-0.3, -0.25) is 4.79 Å². The van der Waals surface area contributed by atoms with Crippen LogP contribution in [0, 0.1) is 6.92 Å². The van der Waals surface area contributed by atoms with Gasteiger partial charge >= 0.3 is 0 Å². The molecule has 0 saturated carbocycles. The topological polar surface area (TPSA) is 56.8 Å². The number of carbonyl (C=O) groups is 1. The predicted octanol–water partition coefficient (Wildman–Crippen LogP) is 1.92. The molecule has 0 aromatic heterocycles. The van der Waals surface area contributed by atoms with Crippen molar-refractivity contribution in [1.29, 1.82) is 0 Å². The number of methoxy groups -OCH3 is 2. The van der Waals surface area contributed by atoms with Gasteiger partial charge in [0.1, 0.15) is 0 Å². The average molecular weight is 279 g/mol. The summed E-state index contributed by atoms with van der Waals surface area (Å²) in [7, 11) is 3.13. The van der Waals surface area contributed by atoms with Gasteiger partial charge in [-0.05, 0) is 37.5 Å². The number of ether oxygens (including phenoxy) is 3. The van der Waals surface area contributed by atoms with E-state index in [0.717, 1.165) is 25.0 Å². The number of nitrogens with one attached hydrogen (secondary N) is 1. The molecule has 110 valence electrons. The van der Waals surface area contributed by atoms with E-state index in [4.69, 9.17) is 14.2 Å². The summed E-state index contributed by atoms with van der Waals surface area (Å²) in [6, 6.07) is 3.51. The molecule has 1 aromatic carbocycles. The van der Waals surface area contributed by atoms with Crippen molar-refractivity contribution in [2.24, 2.45) is 0 Å². The number of benzene rings is 1. The van der Waals surface area contributed by atoms with Gasteiger partial charge in [-0.15, -0.1) is 0 Å². The fourth-order valence-corrected chi connectivity index (χ4v) is 2.33. The number of amides is 1. The van der Waals surface area contributed by atoms with Gasteiger partial charge in [0.15, 0.2) is 11.5 Å². The molecule has 1 aromatic rings. The molecule has 0 aliphatic carbocycles. The Morgan fingerprint density at radius 3 is 2.65 bits per heavy atom. The average Bonchev–Trinajstić information content (AvgIpc) is 2.97. The lowest BCUT2D eigenvalue weighted by atomic mass is 10.1. The standard InChI is InChI=1S/C15H21NO4/c1-10-7-13(18-2)14(19-3)8-12(10)15(17)16-9-11-5-4-6-20-11/h7-8,11H,4-6,9H2,1-3H3,(H,16,17). The van der Waals surface area contributed by atoms with E-state index in [9.17, 15) is 4.79 Å². The van der Waals surface area contributed by atoms with E-state index in [0.29, 0.717) is 23.6 Å². The highest BCUT2D eigenvalue weighted by Gasteiger charge is 2.18. The highest BCUT2D eigenvalue weighted by atomic mass is 16.5. The molecule has 0 radical (unpaired) electrons. The summed E-state index contributed by atoms with van der Waals surface area (Å²) in [5.74, 6) is 1.07. The zero-order chi connectivity index (χ0) is 14.5. The van der Waals surface area contributed by atoms with Crippen molar-refractivity contribution >= 4 is 5.91 Å².